The summed E-state index contributed by atoms with van der Waals surface area (Å²) in [7, 11) is 0. The summed E-state index contributed by atoms with van der Waals surface area (Å²) in [5, 5.41) is 11.7. The highest BCUT2D eigenvalue weighted by atomic mass is 16.5. The Morgan fingerprint density at radius 2 is 2.24 bits per heavy atom. The lowest BCUT2D eigenvalue weighted by atomic mass is 9.84. The molecule has 3 heterocycles. The molecule has 0 bridgehead atoms. The van der Waals surface area contributed by atoms with Crippen LogP contribution in [0.5, 0.6) is 0 Å². The molecule has 0 aromatic carbocycles. The molecule has 134 valence electrons. The van der Waals surface area contributed by atoms with Crippen molar-refractivity contribution < 1.29 is 9.32 Å². The second kappa shape index (κ2) is 6.50. The van der Waals surface area contributed by atoms with Crippen LogP contribution >= 0.6 is 0 Å². The van der Waals surface area contributed by atoms with Crippen LogP contribution in [0.4, 0.5) is 5.95 Å². The van der Waals surface area contributed by atoms with E-state index in [1.54, 1.807) is 0 Å². The fraction of sp³-hybridized carbons (Fsp3) is 0.647. The van der Waals surface area contributed by atoms with Gasteiger partial charge in [0.25, 0.3) is 5.95 Å². The van der Waals surface area contributed by atoms with E-state index in [4.69, 9.17) is 4.52 Å². The van der Waals surface area contributed by atoms with E-state index >= 15 is 0 Å². The highest BCUT2D eigenvalue weighted by Gasteiger charge is 2.31. The Kier molecular flexibility index (Phi) is 4.19. The molecule has 1 saturated carbocycles. The van der Waals surface area contributed by atoms with Gasteiger partial charge in [-0.3, -0.25) is 9.48 Å². The molecular weight excluding hydrogens is 320 g/mol. The maximum absolute atomic E-state index is 12.4. The molecule has 8 heteroatoms. The monoisotopic (exact) mass is 344 g/mol. The number of nitrogens with one attached hydrogen (secondary N) is 1. The Hall–Kier alpha value is -2.38. The summed E-state index contributed by atoms with van der Waals surface area (Å²) in [6, 6.07) is 2.05. The zero-order valence-electron chi connectivity index (χ0n) is 14.7. The minimum Gasteiger partial charge on any atom is -0.346 e. The molecule has 1 aliphatic heterocycles. The number of amides is 1. The third-order valence-electron chi connectivity index (χ3n) is 4.98. The van der Waals surface area contributed by atoms with Gasteiger partial charge in [-0.1, -0.05) is 20.3 Å². The fourth-order valence-electron chi connectivity index (χ4n) is 3.22. The van der Waals surface area contributed by atoms with Crippen molar-refractivity contribution in [2.45, 2.75) is 58.7 Å². The topological polar surface area (TPSA) is 89.1 Å². The molecule has 1 amide bonds. The first kappa shape index (κ1) is 16.1. The average Bonchev–Trinajstić information content (AvgIpc) is 3.17. The van der Waals surface area contributed by atoms with Gasteiger partial charge in [-0.15, -0.1) is 0 Å². The van der Waals surface area contributed by atoms with Crippen LogP contribution in [0, 0.1) is 5.92 Å². The minimum atomic E-state index is 0.210. The SMILES string of the molecule is CC(C)c1nc(NCc2cc3n(n2)CCN(C(=O)C2CCC2)C3)no1. The lowest BCUT2D eigenvalue weighted by Crippen LogP contribution is -2.43. The molecule has 0 spiro atoms. The maximum atomic E-state index is 12.4. The highest BCUT2D eigenvalue weighted by molar-refractivity contribution is 5.79. The summed E-state index contributed by atoms with van der Waals surface area (Å²) < 4.78 is 7.18. The van der Waals surface area contributed by atoms with Gasteiger partial charge in [-0.05, 0) is 24.1 Å². The second-order valence-electron chi connectivity index (χ2n) is 7.20. The van der Waals surface area contributed by atoms with Gasteiger partial charge in [0.15, 0.2) is 0 Å². The highest BCUT2D eigenvalue weighted by Crippen LogP contribution is 2.29. The zero-order chi connectivity index (χ0) is 17.4. The molecule has 2 aromatic rings. The fourth-order valence-corrected chi connectivity index (χ4v) is 3.22. The first-order valence-electron chi connectivity index (χ1n) is 9.02. The van der Waals surface area contributed by atoms with Crippen molar-refractivity contribution in [3.8, 4) is 0 Å². The Morgan fingerprint density at radius 3 is 2.92 bits per heavy atom. The number of aromatic nitrogens is 4. The van der Waals surface area contributed by atoms with Crippen LogP contribution in [-0.2, 0) is 24.4 Å². The Balaban J connectivity index is 1.37. The van der Waals surface area contributed by atoms with Crippen LogP contribution in [-0.4, -0.2) is 37.3 Å². The molecule has 25 heavy (non-hydrogen) atoms. The largest absolute Gasteiger partial charge is 0.346 e. The average molecular weight is 344 g/mol. The standard InChI is InChI=1S/C17H24N6O2/c1-11(2)15-19-17(21-25-15)18-9-13-8-14-10-22(6-7-23(14)20-13)16(24)12-4-3-5-12/h8,11-12H,3-7,9-10H2,1-2H3,(H,18,21). The zero-order valence-corrected chi connectivity index (χ0v) is 14.7. The van der Waals surface area contributed by atoms with Crippen molar-refractivity contribution in [3.05, 3.63) is 23.3 Å². The van der Waals surface area contributed by atoms with E-state index in [0.29, 0.717) is 30.8 Å². The molecule has 2 aromatic heterocycles. The Morgan fingerprint density at radius 1 is 1.40 bits per heavy atom. The van der Waals surface area contributed by atoms with Crippen LogP contribution in [0.3, 0.4) is 0 Å². The van der Waals surface area contributed by atoms with Crippen LogP contribution < -0.4 is 5.32 Å². The van der Waals surface area contributed by atoms with Gasteiger partial charge in [0.2, 0.25) is 11.8 Å². The number of nitrogens with zero attached hydrogens (tertiary/aromatic N) is 5. The quantitative estimate of drug-likeness (QED) is 0.894. The van der Waals surface area contributed by atoms with Crippen molar-refractivity contribution in [2.24, 2.45) is 5.92 Å². The van der Waals surface area contributed by atoms with Crippen LogP contribution in [0.1, 0.15) is 56.3 Å². The van der Waals surface area contributed by atoms with Crippen molar-refractivity contribution in [1.29, 1.82) is 0 Å². The lowest BCUT2D eigenvalue weighted by Gasteiger charge is -2.34. The predicted octanol–water partition coefficient (Wildman–Crippen LogP) is 2.14. The first-order chi connectivity index (χ1) is 12.1. The number of fused-ring (bicyclic) bond motifs is 1. The molecule has 0 radical (unpaired) electrons. The van der Waals surface area contributed by atoms with Gasteiger partial charge in [0, 0.05) is 18.4 Å². The molecule has 4 rings (SSSR count). The number of hydrogen-bond donors (Lipinski definition) is 1. The maximum Gasteiger partial charge on any atom is 0.263 e. The Labute approximate surface area is 146 Å². The number of carbonyl (C=O) groups excluding carboxylic acids is 1. The van der Waals surface area contributed by atoms with E-state index < -0.39 is 0 Å². The van der Waals surface area contributed by atoms with Crippen molar-refractivity contribution in [3.63, 3.8) is 0 Å². The summed E-state index contributed by atoms with van der Waals surface area (Å²) in [6.07, 6.45) is 3.28. The van der Waals surface area contributed by atoms with Gasteiger partial charge in [0.05, 0.1) is 31.0 Å². The minimum absolute atomic E-state index is 0.210. The summed E-state index contributed by atoms with van der Waals surface area (Å²) in [5.74, 6) is 1.88. The van der Waals surface area contributed by atoms with Crippen molar-refractivity contribution in [1.82, 2.24) is 24.8 Å². The van der Waals surface area contributed by atoms with Crippen LogP contribution in [0.25, 0.3) is 0 Å². The molecule has 1 N–H and O–H groups in total. The molecule has 8 nitrogen and oxygen atoms in total. The summed E-state index contributed by atoms with van der Waals surface area (Å²) in [6.45, 7) is 6.72. The number of rotatable bonds is 5. The summed E-state index contributed by atoms with van der Waals surface area (Å²) in [4.78, 5) is 18.7. The van der Waals surface area contributed by atoms with Gasteiger partial charge in [-0.25, -0.2) is 0 Å². The van der Waals surface area contributed by atoms with Crippen LogP contribution in [0.15, 0.2) is 10.6 Å². The van der Waals surface area contributed by atoms with E-state index in [1.807, 2.05) is 23.4 Å². The van der Waals surface area contributed by atoms with E-state index in [0.717, 1.165) is 37.3 Å². The molecule has 0 saturated heterocycles. The van der Waals surface area contributed by atoms with Gasteiger partial charge < -0.3 is 14.7 Å². The first-order valence-corrected chi connectivity index (χ1v) is 9.02. The van der Waals surface area contributed by atoms with E-state index in [-0.39, 0.29) is 11.8 Å². The normalized spacial score (nSPS) is 17.5. The van der Waals surface area contributed by atoms with Gasteiger partial charge in [0.1, 0.15) is 0 Å². The lowest BCUT2D eigenvalue weighted by molar-refractivity contribution is -0.139. The van der Waals surface area contributed by atoms with Gasteiger partial charge in [-0.2, -0.15) is 10.1 Å². The predicted molar refractivity (Wildman–Crippen MR) is 90.7 cm³/mol. The number of carbonyl (C=O) groups is 1. The van der Waals surface area contributed by atoms with Crippen molar-refractivity contribution >= 4 is 11.9 Å². The van der Waals surface area contributed by atoms with E-state index in [2.05, 4.69) is 26.6 Å². The summed E-state index contributed by atoms with van der Waals surface area (Å²) >= 11 is 0. The third-order valence-corrected chi connectivity index (χ3v) is 4.98. The summed E-state index contributed by atoms with van der Waals surface area (Å²) in [5.41, 5.74) is 2.01. The number of anilines is 1. The molecule has 1 aliphatic carbocycles. The second-order valence-corrected chi connectivity index (χ2v) is 7.20. The molecule has 0 unspecified atom stereocenters. The van der Waals surface area contributed by atoms with E-state index in [9.17, 15) is 4.79 Å². The van der Waals surface area contributed by atoms with Crippen molar-refractivity contribution in [2.75, 3.05) is 11.9 Å². The van der Waals surface area contributed by atoms with Gasteiger partial charge >= 0.3 is 0 Å². The molecule has 1 fully saturated rings. The Bertz CT molecular complexity index is 761. The van der Waals surface area contributed by atoms with Crippen LogP contribution in [0.2, 0.25) is 0 Å². The third kappa shape index (κ3) is 3.25. The smallest absolute Gasteiger partial charge is 0.263 e. The molecule has 0 atom stereocenters. The number of hydrogen-bond acceptors (Lipinski definition) is 6. The molecule has 2 aliphatic rings. The van der Waals surface area contributed by atoms with E-state index in [1.165, 1.54) is 6.42 Å². The molecular formula is C17H24N6O2.